The zero-order valence-electron chi connectivity index (χ0n) is 32.9. The zero-order valence-corrected chi connectivity index (χ0v) is 32.9. The number of carbonyl (C=O) groups is 1. The van der Waals surface area contributed by atoms with Crippen molar-refractivity contribution in [3.8, 4) is 5.75 Å². The molecule has 58 heavy (non-hydrogen) atoms. The van der Waals surface area contributed by atoms with Gasteiger partial charge in [0.15, 0.2) is 0 Å². The van der Waals surface area contributed by atoms with E-state index in [-0.39, 0.29) is 73.5 Å². The zero-order chi connectivity index (χ0) is 40.8. The molecule has 4 fully saturated rings. The van der Waals surface area contributed by atoms with Gasteiger partial charge >= 0.3 is 0 Å². The Hall–Kier alpha value is -5.37. The van der Waals surface area contributed by atoms with E-state index in [2.05, 4.69) is 27.0 Å². The summed E-state index contributed by atoms with van der Waals surface area (Å²) in [5.41, 5.74) is 8.85. The maximum absolute atomic E-state index is 16.3. The lowest BCUT2D eigenvalue weighted by atomic mass is 9.86. The Bertz CT molecular complexity index is 2220. The van der Waals surface area contributed by atoms with Crippen molar-refractivity contribution in [2.24, 2.45) is 5.73 Å². The molecule has 306 valence electrons. The van der Waals surface area contributed by atoms with Crippen LogP contribution in [0, 0.1) is 10.8 Å². The number of rotatable bonds is 11. The number of hydrogen-bond donors (Lipinski definition) is 5. The van der Waals surface area contributed by atoms with Crippen LogP contribution in [0.3, 0.4) is 0 Å². The van der Waals surface area contributed by atoms with Crippen LogP contribution in [0.1, 0.15) is 89.9 Å². The van der Waals surface area contributed by atoms with Crippen molar-refractivity contribution in [2.75, 3.05) is 58.2 Å². The number of phenolic OH excluding ortho intramolecular Hbond substituents is 1. The number of likely N-dealkylation sites (tertiary alicyclic amines) is 3. The molecule has 14 heteroatoms. The predicted octanol–water partition coefficient (Wildman–Crippen LogP) is 7.25. The molecule has 1 atom stereocenters. The van der Waals surface area contributed by atoms with Crippen molar-refractivity contribution in [2.45, 2.75) is 74.4 Å². The van der Waals surface area contributed by atoms with Crippen molar-refractivity contribution >= 4 is 34.2 Å². The van der Waals surface area contributed by atoms with Gasteiger partial charge in [-0.2, -0.15) is 0 Å². The molecule has 1 saturated carbocycles. The lowest BCUT2D eigenvalue weighted by molar-refractivity contribution is -0.0688. The van der Waals surface area contributed by atoms with Crippen LogP contribution in [0.2, 0.25) is 0 Å². The number of hydrogen-bond acceptors (Lipinski definition) is 8. The summed E-state index contributed by atoms with van der Waals surface area (Å²) in [5.74, 6) is -4.46. The van der Waals surface area contributed by atoms with E-state index in [1.807, 2.05) is 13.2 Å². The van der Waals surface area contributed by atoms with Crippen LogP contribution in [0.15, 0.2) is 78.8 Å². The van der Waals surface area contributed by atoms with E-state index in [1.165, 1.54) is 35.9 Å². The van der Waals surface area contributed by atoms with Gasteiger partial charge in [0.05, 0.1) is 29.2 Å². The van der Waals surface area contributed by atoms with Crippen molar-refractivity contribution in [3.63, 3.8) is 0 Å². The fourth-order valence-electron chi connectivity index (χ4n) is 9.08. The number of aromatic hydroxyl groups is 1. The summed E-state index contributed by atoms with van der Waals surface area (Å²) < 4.78 is 49.6. The third-order valence-corrected chi connectivity index (χ3v) is 12.7. The molecule has 8 rings (SSSR count). The summed E-state index contributed by atoms with van der Waals surface area (Å²) in [6.07, 6.45) is 9.78. The van der Waals surface area contributed by atoms with Crippen molar-refractivity contribution < 1.29 is 23.1 Å². The molecule has 2 aromatic carbocycles. The summed E-state index contributed by atoms with van der Waals surface area (Å²) in [6, 6.07) is 15.0. The Morgan fingerprint density at radius 3 is 2.31 bits per heavy atom. The first-order valence-corrected chi connectivity index (χ1v) is 20.4. The second-order valence-electron chi connectivity index (χ2n) is 16.6. The van der Waals surface area contributed by atoms with Crippen LogP contribution < -0.4 is 11.1 Å². The van der Waals surface area contributed by atoms with E-state index in [0.29, 0.717) is 29.6 Å². The molecule has 4 aromatic rings. The fraction of sp³-hybridized carbons (Fsp3) is 0.455. The molecule has 4 aliphatic rings. The van der Waals surface area contributed by atoms with Gasteiger partial charge in [-0.15, -0.1) is 0 Å². The Balaban J connectivity index is 0.860. The van der Waals surface area contributed by atoms with Crippen LogP contribution >= 0.6 is 0 Å². The van der Waals surface area contributed by atoms with Gasteiger partial charge in [-0.25, -0.2) is 18.2 Å². The minimum Gasteiger partial charge on any atom is -0.507 e. The minimum atomic E-state index is -3.06. The number of carbonyl (C=O) groups excluding carboxylic acids is 1. The summed E-state index contributed by atoms with van der Waals surface area (Å²) in [7, 11) is 1.91. The van der Waals surface area contributed by atoms with Crippen LogP contribution in [-0.2, 0) is 0 Å². The molecule has 1 amide bonds. The number of para-hydroxylation sites is 1. The number of pyridine rings is 1. The van der Waals surface area contributed by atoms with Gasteiger partial charge in [0.2, 0.25) is 0 Å². The van der Waals surface area contributed by atoms with Gasteiger partial charge < -0.3 is 40.8 Å². The number of phenols is 1. The summed E-state index contributed by atoms with van der Waals surface area (Å²) in [4.78, 5) is 23.8. The molecule has 0 radical (unpaired) electrons. The lowest BCUT2D eigenvalue weighted by Gasteiger charge is -2.41. The third kappa shape index (κ3) is 8.03. The lowest BCUT2D eigenvalue weighted by Crippen LogP contribution is -2.51. The highest BCUT2D eigenvalue weighted by atomic mass is 19.3. The number of benzene rings is 2. The average Bonchev–Trinajstić information content (AvgIpc) is 4.00. The highest BCUT2D eigenvalue weighted by molar-refractivity contribution is 6.12. The number of halogens is 3. The molecule has 0 bridgehead atoms. The van der Waals surface area contributed by atoms with Crippen LogP contribution in [0.5, 0.6) is 5.75 Å². The molecule has 0 spiro atoms. The van der Waals surface area contributed by atoms with Crippen LogP contribution in [-0.4, -0.2) is 111 Å². The van der Waals surface area contributed by atoms with E-state index >= 15 is 13.2 Å². The topological polar surface area (TPSA) is 151 Å². The number of aromatic nitrogens is 2. The van der Waals surface area contributed by atoms with E-state index in [1.54, 1.807) is 52.3 Å². The second-order valence-corrected chi connectivity index (χ2v) is 16.6. The quantitative estimate of drug-likeness (QED) is 0.0793. The molecule has 2 aromatic heterocycles. The Morgan fingerprint density at radius 2 is 1.66 bits per heavy atom. The number of nitrogens with one attached hydrogen (secondary N) is 3. The number of nitrogens with two attached hydrogens (primary N) is 1. The number of piperidine rings is 3. The maximum atomic E-state index is 16.3. The minimum absolute atomic E-state index is 0.0784. The first kappa shape index (κ1) is 39.5. The maximum Gasteiger partial charge on any atom is 0.258 e. The third-order valence-electron chi connectivity index (χ3n) is 12.7. The standard InChI is InChI=1S/C44H52F3N9O2/c1-51-31-22-34-35(28-6-7-28)25-56(41(34)52-24-31)32-12-17-53(18-13-32)27-43(45)14-19-54(20-15-43)42(58)30-10-8-29(9-11-30)36-26-55(21-16-44(36,46)47)38(40(49)50)23-37(48)33-4-2-3-5-39(33)57/h2-5,8-11,22-25,28,32,36,48,51,57H,6-7,12-21,26-27H2,1H3,(H3,49,50)/b38-23+,48-37?. The van der Waals surface area contributed by atoms with Crippen molar-refractivity contribution in [3.05, 3.63) is 101 Å². The fourth-order valence-corrected chi connectivity index (χ4v) is 9.08. The monoisotopic (exact) mass is 795 g/mol. The molecule has 1 aliphatic carbocycles. The summed E-state index contributed by atoms with van der Waals surface area (Å²) in [6.45, 7) is 2.24. The van der Waals surface area contributed by atoms with Crippen LogP contribution in [0.4, 0.5) is 18.9 Å². The highest BCUT2D eigenvalue weighted by Crippen LogP contribution is 2.45. The van der Waals surface area contributed by atoms with Gasteiger partial charge in [0.25, 0.3) is 11.8 Å². The van der Waals surface area contributed by atoms with E-state index in [0.717, 1.165) is 37.3 Å². The van der Waals surface area contributed by atoms with Gasteiger partial charge in [0.1, 0.15) is 22.9 Å². The molecular weight excluding hydrogens is 744 g/mol. The molecule has 1 unspecified atom stereocenters. The Kier molecular flexibility index (Phi) is 10.7. The normalized spacial score (nSPS) is 21.6. The largest absolute Gasteiger partial charge is 0.507 e. The van der Waals surface area contributed by atoms with Crippen LogP contribution in [0.25, 0.3) is 11.0 Å². The molecular formula is C44H52F3N9O2. The number of fused-ring (bicyclic) bond motifs is 1. The predicted molar refractivity (Wildman–Crippen MR) is 220 cm³/mol. The molecule has 5 heterocycles. The molecule has 3 saturated heterocycles. The van der Waals surface area contributed by atoms with Crippen molar-refractivity contribution in [1.82, 2.24) is 24.3 Å². The summed E-state index contributed by atoms with van der Waals surface area (Å²) in [5, 5.41) is 31.3. The SMILES string of the molecule is CNc1cnc2c(c1)c(C1CC1)cn2C1CCN(CC2(F)CCN(C(=O)c3ccc(C4CN(/C(=C/C(=N)c5ccccc5O)C(=N)N)CCC4(F)F)cc3)CC2)CC1. The number of anilines is 1. The highest BCUT2D eigenvalue weighted by Gasteiger charge is 2.46. The Morgan fingerprint density at radius 1 is 0.966 bits per heavy atom. The van der Waals surface area contributed by atoms with Gasteiger partial charge in [-0.05, 0) is 79.1 Å². The number of amidine groups is 1. The number of allylic oxidation sites excluding steroid dienone is 1. The molecule has 3 aliphatic heterocycles. The first-order valence-electron chi connectivity index (χ1n) is 20.4. The number of alkyl halides is 3. The van der Waals surface area contributed by atoms with Gasteiger partial charge in [-0.1, -0.05) is 24.3 Å². The number of amides is 1. The second kappa shape index (κ2) is 15.8. The van der Waals surface area contributed by atoms with E-state index in [4.69, 9.17) is 21.5 Å². The average molecular weight is 796 g/mol. The van der Waals surface area contributed by atoms with E-state index in [9.17, 15) is 9.90 Å². The molecule has 11 nitrogen and oxygen atoms in total. The summed E-state index contributed by atoms with van der Waals surface area (Å²) >= 11 is 0. The van der Waals surface area contributed by atoms with Crippen molar-refractivity contribution in [1.29, 1.82) is 10.8 Å². The molecule has 6 N–H and O–H groups in total. The van der Waals surface area contributed by atoms with E-state index < -0.39 is 23.9 Å². The van der Waals surface area contributed by atoms with Gasteiger partial charge in [0, 0.05) is 101 Å². The Labute approximate surface area is 336 Å². The first-order chi connectivity index (χ1) is 27.8. The smallest absolute Gasteiger partial charge is 0.258 e. The number of nitrogens with zero attached hydrogens (tertiary/aromatic N) is 5. The van der Waals surface area contributed by atoms with Gasteiger partial charge in [-0.3, -0.25) is 10.2 Å².